The van der Waals surface area contributed by atoms with Crippen molar-refractivity contribution < 1.29 is 13.2 Å². The first-order valence-corrected chi connectivity index (χ1v) is 12.4. The molecule has 168 valence electrons. The molecule has 2 N–H and O–H groups in total. The summed E-state index contributed by atoms with van der Waals surface area (Å²) >= 11 is 12.2. The van der Waals surface area contributed by atoms with Gasteiger partial charge in [0.25, 0.3) is 0 Å². The average molecular weight is 484 g/mol. The Morgan fingerprint density at radius 1 is 1.06 bits per heavy atom. The van der Waals surface area contributed by atoms with Crippen LogP contribution in [-0.2, 0) is 20.4 Å². The first-order chi connectivity index (χ1) is 14.6. The van der Waals surface area contributed by atoms with Crippen molar-refractivity contribution in [1.82, 2.24) is 9.62 Å². The molecule has 31 heavy (non-hydrogen) atoms. The van der Waals surface area contributed by atoms with Crippen molar-refractivity contribution in [2.75, 3.05) is 26.0 Å². The first-order valence-electron chi connectivity index (χ1n) is 10.2. The molecule has 1 saturated carbocycles. The molecule has 0 aliphatic heterocycles. The summed E-state index contributed by atoms with van der Waals surface area (Å²) in [5.74, 6) is -0.238. The van der Waals surface area contributed by atoms with E-state index in [9.17, 15) is 13.2 Å². The molecular weight excluding hydrogens is 457 g/mol. The van der Waals surface area contributed by atoms with Crippen LogP contribution in [-0.4, -0.2) is 39.3 Å². The van der Waals surface area contributed by atoms with Crippen LogP contribution in [0.4, 0.5) is 5.69 Å². The summed E-state index contributed by atoms with van der Waals surface area (Å²) in [6, 6.07) is 12.1. The van der Waals surface area contributed by atoms with Gasteiger partial charge < -0.3 is 10.6 Å². The molecule has 1 amide bonds. The molecular formula is C22H27Cl2N3O3S. The highest BCUT2D eigenvalue weighted by molar-refractivity contribution is 7.89. The summed E-state index contributed by atoms with van der Waals surface area (Å²) in [6.45, 7) is 0.488. The minimum Gasteiger partial charge on any atom is -0.325 e. The van der Waals surface area contributed by atoms with E-state index in [0.717, 1.165) is 30.0 Å². The number of hydrogen-bond donors (Lipinski definition) is 2. The Morgan fingerprint density at radius 3 is 2.32 bits per heavy atom. The number of sulfonamides is 1. The zero-order chi connectivity index (χ0) is 22.6. The zero-order valence-electron chi connectivity index (χ0n) is 17.6. The molecule has 0 atom stereocenters. The van der Waals surface area contributed by atoms with Crippen molar-refractivity contribution in [3.8, 4) is 0 Å². The Morgan fingerprint density at radius 2 is 1.71 bits per heavy atom. The molecule has 2 aromatic carbocycles. The predicted octanol–water partition coefficient (Wildman–Crippen LogP) is 4.63. The van der Waals surface area contributed by atoms with Crippen LogP contribution in [0.15, 0.2) is 47.4 Å². The minimum atomic E-state index is -3.62. The largest absolute Gasteiger partial charge is 0.325 e. The fourth-order valence-electron chi connectivity index (χ4n) is 3.91. The van der Waals surface area contributed by atoms with Crippen molar-refractivity contribution in [3.63, 3.8) is 0 Å². The highest BCUT2D eigenvalue weighted by Gasteiger charge is 2.35. The summed E-state index contributed by atoms with van der Waals surface area (Å²) in [7, 11) is -0.717. The van der Waals surface area contributed by atoms with Gasteiger partial charge in [-0.3, -0.25) is 4.79 Å². The monoisotopic (exact) mass is 483 g/mol. The van der Waals surface area contributed by atoms with Gasteiger partial charge in [-0.1, -0.05) is 48.2 Å². The molecule has 0 heterocycles. The van der Waals surface area contributed by atoms with E-state index in [1.165, 1.54) is 37.9 Å². The van der Waals surface area contributed by atoms with Gasteiger partial charge in [-0.15, -0.1) is 0 Å². The van der Waals surface area contributed by atoms with E-state index < -0.39 is 10.0 Å². The highest BCUT2D eigenvalue weighted by atomic mass is 35.5. The molecule has 0 saturated heterocycles. The van der Waals surface area contributed by atoms with E-state index in [0.29, 0.717) is 11.6 Å². The fraction of sp³-hybridized carbons (Fsp3) is 0.409. The highest BCUT2D eigenvalue weighted by Crippen LogP contribution is 2.39. The Kier molecular flexibility index (Phi) is 7.65. The van der Waals surface area contributed by atoms with E-state index >= 15 is 0 Å². The molecule has 9 heteroatoms. The lowest BCUT2D eigenvalue weighted by molar-refractivity contribution is -0.116. The second-order valence-electron chi connectivity index (χ2n) is 7.95. The van der Waals surface area contributed by atoms with Crippen LogP contribution in [0.2, 0.25) is 10.0 Å². The third-order valence-corrected chi connectivity index (χ3v) is 8.05. The Bertz CT molecular complexity index is 1030. The summed E-state index contributed by atoms with van der Waals surface area (Å²) in [5.41, 5.74) is 1.31. The quantitative estimate of drug-likeness (QED) is 0.573. The van der Waals surface area contributed by atoms with Crippen molar-refractivity contribution in [2.24, 2.45) is 0 Å². The Balaban J connectivity index is 1.64. The number of benzene rings is 2. The Hall–Kier alpha value is -1.64. The maximum absolute atomic E-state index is 12.5. The second-order valence-corrected chi connectivity index (χ2v) is 10.9. The number of rotatable bonds is 8. The van der Waals surface area contributed by atoms with Crippen LogP contribution in [0, 0.1) is 0 Å². The molecule has 0 unspecified atom stereocenters. The zero-order valence-corrected chi connectivity index (χ0v) is 19.9. The van der Waals surface area contributed by atoms with Crippen LogP contribution in [0.5, 0.6) is 0 Å². The lowest BCUT2D eigenvalue weighted by Gasteiger charge is -2.31. The second kappa shape index (κ2) is 9.88. The van der Waals surface area contributed by atoms with E-state index in [2.05, 4.69) is 10.6 Å². The number of nitrogens with one attached hydrogen (secondary N) is 2. The number of carbonyl (C=O) groups is 1. The number of hydrogen-bond acceptors (Lipinski definition) is 4. The molecule has 6 nitrogen and oxygen atoms in total. The molecule has 1 aliphatic carbocycles. The van der Waals surface area contributed by atoms with Crippen molar-refractivity contribution >= 4 is 44.8 Å². The predicted molar refractivity (Wildman–Crippen MR) is 125 cm³/mol. The first kappa shape index (κ1) is 24.0. The standard InChI is InChI=1S/C22H27Cl2N3O3S/c1-27(2)31(29,30)18-9-10-19(24)20(15-18)26-21(28)11-14-25-22(12-3-4-13-22)16-5-7-17(23)8-6-16/h5-10,15,25H,3-4,11-14H2,1-2H3,(H,26,28). The number of halogens is 2. The molecule has 2 aromatic rings. The van der Waals surface area contributed by atoms with Crippen molar-refractivity contribution in [2.45, 2.75) is 42.5 Å². The van der Waals surface area contributed by atoms with E-state index in [4.69, 9.17) is 23.2 Å². The van der Waals surface area contributed by atoms with Crippen LogP contribution in [0.25, 0.3) is 0 Å². The minimum absolute atomic E-state index is 0.0722. The summed E-state index contributed by atoms with van der Waals surface area (Å²) in [5, 5.41) is 7.29. The van der Waals surface area contributed by atoms with Gasteiger partial charge in [0.1, 0.15) is 0 Å². The normalized spacial score (nSPS) is 15.9. The average Bonchev–Trinajstić information content (AvgIpc) is 3.20. The lowest BCUT2D eigenvalue weighted by Crippen LogP contribution is -2.41. The molecule has 0 aromatic heterocycles. The van der Waals surface area contributed by atoms with Crippen molar-refractivity contribution in [1.29, 1.82) is 0 Å². The van der Waals surface area contributed by atoms with Crippen LogP contribution < -0.4 is 10.6 Å². The van der Waals surface area contributed by atoms with Gasteiger partial charge in [0.2, 0.25) is 15.9 Å². The number of amides is 1. The van der Waals surface area contributed by atoms with Gasteiger partial charge in [-0.2, -0.15) is 0 Å². The third kappa shape index (κ3) is 5.59. The Labute approximate surface area is 194 Å². The molecule has 0 radical (unpaired) electrons. The summed E-state index contributed by atoms with van der Waals surface area (Å²) in [6.07, 6.45) is 4.50. The van der Waals surface area contributed by atoms with Gasteiger partial charge in [0, 0.05) is 37.6 Å². The third-order valence-electron chi connectivity index (χ3n) is 5.66. The summed E-state index contributed by atoms with van der Waals surface area (Å²) in [4.78, 5) is 12.6. The molecule has 1 fully saturated rings. The SMILES string of the molecule is CN(C)S(=O)(=O)c1ccc(Cl)c(NC(=O)CCNC2(c3ccc(Cl)cc3)CCCC2)c1. The van der Waals surface area contributed by atoms with Gasteiger partial charge in [0.15, 0.2) is 0 Å². The smallest absolute Gasteiger partial charge is 0.242 e. The van der Waals surface area contributed by atoms with Crippen LogP contribution in [0.3, 0.4) is 0 Å². The topological polar surface area (TPSA) is 78.5 Å². The number of nitrogens with zero attached hydrogens (tertiary/aromatic N) is 1. The maximum atomic E-state index is 12.5. The molecule has 3 rings (SSSR count). The molecule has 0 bridgehead atoms. The van der Waals surface area contributed by atoms with Gasteiger partial charge in [-0.05, 0) is 48.7 Å². The number of carbonyl (C=O) groups excluding carboxylic acids is 1. The van der Waals surface area contributed by atoms with Gasteiger partial charge in [-0.25, -0.2) is 12.7 Å². The molecule has 1 aliphatic rings. The van der Waals surface area contributed by atoms with Crippen LogP contribution in [0.1, 0.15) is 37.7 Å². The van der Waals surface area contributed by atoms with Crippen LogP contribution >= 0.6 is 23.2 Å². The van der Waals surface area contributed by atoms with Crippen molar-refractivity contribution in [3.05, 3.63) is 58.1 Å². The van der Waals surface area contributed by atoms with Gasteiger partial charge >= 0.3 is 0 Å². The fourth-order valence-corrected chi connectivity index (χ4v) is 5.13. The van der Waals surface area contributed by atoms with E-state index in [-0.39, 0.29) is 33.5 Å². The molecule has 0 spiro atoms. The summed E-state index contributed by atoms with van der Waals surface area (Å²) < 4.78 is 25.8. The van der Waals surface area contributed by atoms with Gasteiger partial charge in [0.05, 0.1) is 15.6 Å². The van der Waals surface area contributed by atoms with E-state index in [1.54, 1.807) is 0 Å². The maximum Gasteiger partial charge on any atom is 0.242 e. The lowest BCUT2D eigenvalue weighted by atomic mass is 9.88. The van der Waals surface area contributed by atoms with E-state index in [1.807, 2.05) is 24.3 Å². The number of anilines is 1.